The van der Waals surface area contributed by atoms with Crippen molar-refractivity contribution in [2.24, 2.45) is 0 Å². The van der Waals surface area contributed by atoms with Crippen LogP contribution in [-0.4, -0.2) is 11.6 Å². The number of nitrogens with zero attached hydrogens (tertiary/aromatic N) is 1. The van der Waals surface area contributed by atoms with Gasteiger partial charge in [-0.2, -0.15) is 0 Å². The van der Waals surface area contributed by atoms with E-state index in [1.54, 1.807) is 6.20 Å². The number of hydrogen-bond donors (Lipinski definition) is 0. The number of pyridine rings is 1. The second kappa shape index (κ2) is 5.17. The van der Waals surface area contributed by atoms with Gasteiger partial charge in [-0.15, -0.1) is 0 Å². The zero-order valence-corrected chi connectivity index (χ0v) is 10.00. The molecule has 3 heteroatoms. The van der Waals surface area contributed by atoms with E-state index in [1.807, 2.05) is 24.3 Å². The number of fused-ring (bicyclic) bond motifs is 1. The number of benzene rings is 1. The van der Waals surface area contributed by atoms with E-state index < -0.39 is 0 Å². The maximum Gasteiger partial charge on any atom is 0.129 e. The van der Waals surface area contributed by atoms with Crippen LogP contribution in [0.3, 0.4) is 0 Å². The molecule has 16 heavy (non-hydrogen) atoms. The fourth-order valence-electron chi connectivity index (χ4n) is 1.52. The molecule has 1 heterocycles. The number of ether oxygens (including phenoxy) is 1. The average Bonchev–Trinajstić information content (AvgIpc) is 2.29. The van der Waals surface area contributed by atoms with E-state index >= 15 is 0 Å². The first kappa shape index (κ1) is 11.2. The van der Waals surface area contributed by atoms with Gasteiger partial charge in [-0.05, 0) is 30.0 Å². The van der Waals surface area contributed by atoms with Gasteiger partial charge >= 0.3 is 0 Å². The highest BCUT2D eigenvalue weighted by atomic mass is 35.5. The van der Waals surface area contributed by atoms with Crippen molar-refractivity contribution < 1.29 is 4.74 Å². The Hall–Kier alpha value is -1.28. The summed E-state index contributed by atoms with van der Waals surface area (Å²) in [6, 6.07) is 7.82. The SMILES string of the molecule is CCCCOc1ccc2cc(Cl)ncc2c1. The van der Waals surface area contributed by atoms with Gasteiger partial charge in [0.15, 0.2) is 0 Å². The first-order valence-electron chi connectivity index (χ1n) is 5.47. The van der Waals surface area contributed by atoms with Crippen LogP contribution in [0, 0.1) is 0 Å². The maximum absolute atomic E-state index is 5.82. The van der Waals surface area contributed by atoms with E-state index in [1.165, 1.54) is 0 Å². The molecule has 0 unspecified atom stereocenters. The molecule has 2 nitrogen and oxygen atoms in total. The van der Waals surface area contributed by atoms with Crippen LogP contribution in [-0.2, 0) is 0 Å². The van der Waals surface area contributed by atoms with Crippen LogP contribution in [0.25, 0.3) is 10.8 Å². The number of rotatable bonds is 4. The highest BCUT2D eigenvalue weighted by molar-refractivity contribution is 6.30. The topological polar surface area (TPSA) is 22.1 Å². The summed E-state index contributed by atoms with van der Waals surface area (Å²) in [5.41, 5.74) is 0. The number of unbranched alkanes of at least 4 members (excludes halogenated alkanes) is 1. The van der Waals surface area contributed by atoms with Crippen molar-refractivity contribution in [3.63, 3.8) is 0 Å². The van der Waals surface area contributed by atoms with Crippen molar-refractivity contribution in [1.82, 2.24) is 4.98 Å². The Morgan fingerprint density at radius 1 is 1.25 bits per heavy atom. The van der Waals surface area contributed by atoms with Gasteiger partial charge < -0.3 is 4.74 Å². The quantitative estimate of drug-likeness (QED) is 0.589. The monoisotopic (exact) mass is 235 g/mol. The summed E-state index contributed by atoms with van der Waals surface area (Å²) in [6.07, 6.45) is 3.99. The van der Waals surface area contributed by atoms with Gasteiger partial charge in [-0.25, -0.2) is 4.98 Å². The summed E-state index contributed by atoms with van der Waals surface area (Å²) in [4.78, 5) is 4.05. The Balaban J connectivity index is 2.20. The highest BCUT2D eigenvalue weighted by Crippen LogP contribution is 2.22. The predicted molar refractivity (Wildman–Crippen MR) is 67.2 cm³/mol. The minimum absolute atomic E-state index is 0.521. The molecule has 0 radical (unpaired) electrons. The summed E-state index contributed by atoms with van der Waals surface area (Å²) < 4.78 is 5.62. The largest absolute Gasteiger partial charge is 0.494 e. The molecule has 0 saturated heterocycles. The zero-order chi connectivity index (χ0) is 11.4. The minimum atomic E-state index is 0.521. The summed E-state index contributed by atoms with van der Waals surface area (Å²) in [7, 11) is 0. The molecule has 0 aliphatic rings. The van der Waals surface area contributed by atoms with Crippen LogP contribution in [0.15, 0.2) is 30.5 Å². The Morgan fingerprint density at radius 2 is 2.12 bits per heavy atom. The second-order valence-corrected chi connectivity index (χ2v) is 4.11. The predicted octanol–water partition coefficient (Wildman–Crippen LogP) is 4.07. The Bertz CT molecular complexity index is 484. The van der Waals surface area contributed by atoms with E-state index in [0.29, 0.717) is 5.15 Å². The maximum atomic E-state index is 5.82. The minimum Gasteiger partial charge on any atom is -0.494 e. The molecule has 0 aliphatic carbocycles. The fraction of sp³-hybridized carbons (Fsp3) is 0.308. The molecule has 0 fully saturated rings. The van der Waals surface area contributed by atoms with E-state index in [0.717, 1.165) is 36.0 Å². The van der Waals surface area contributed by atoms with E-state index in [9.17, 15) is 0 Å². The third-order valence-corrected chi connectivity index (χ3v) is 2.63. The third kappa shape index (κ3) is 2.64. The lowest BCUT2D eigenvalue weighted by molar-refractivity contribution is 0.310. The van der Waals surface area contributed by atoms with Crippen molar-refractivity contribution in [1.29, 1.82) is 0 Å². The van der Waals surface area contributed by atoms with Gasteiger partial charge in [0, 0.05) is 11.6 Å². The summed E-state index contributed by atoms with van der Waals surface area (Å²) in [5.74, 6) is 0.894. The molecule has 0 saturated carbocycles. The smallest absolute Gasteiger partial charge is 0.129 e. The van der Waals surface area contributed by atoms with Gasteiger partial charge in [-0.3, -0.25) is 0 Å². The summed E-state index contributed by atoms with van der Waals surface area (Å²) in [6.45, 7) is 2.92. The first-order chi connectivity index (χ1) is 7.79. The Morgan fingerprint density at radius 3 is 2.94 bits per heavy atom. The molecule has 0 spiro atoms. The van der Waals surface area contributed by atoms with Crippen LogP contribution in [0.1, 0.15) is 19.8 Å². The first-order valence-corrected chi connectivity index (χ1v) is 5.85. The fourth-order valence-corrected chi connectivity index (χ4v) is 1.68. The standard InChI is InChI=1S/C13H14ClNO/c1-2-3-6-16-12-5-4-10-8-13(14)15-9-11(10)7-12/h4-5,7-9H,2-3,6H2,1H3. The Labute approximate surface area is 100 Å². The molecule has 0 bridgehead atoms. The molecule has 0 N–H and O–H groups in total. The number of hydrogen-bond acceptors (Lipinski definition) is 2. The van der Waals surface area contributed by atoms with E-state index in [4.69, 9.17) is 16.3 Å². The lowest BCUT2D eigenvalue weighted by atomic mass is 10.2. The van der Waals surface area contributed by atoms with E-state index in [-0.39, 0.29) is 0 Å². The van der Waals surface area contributed by atoms with Gasteiger partial charge in [0.05, 0.1) is 6.61 Å². The Kier molecular flexibility index (Phi) is 3.62. The van der Waals surface area contributed by atoms with Gasteiger partial charge in [-0.1, -0.05) is 31.0 Å². The zero-order valence-electron chi connectivity index (χ0n) is 9.24. The van der Waals surface area contributed by atoms with Crippen LogP contribution in [0.5, 0.6) is 5.75 Å². The molecular formula is C13H14ClNO. The van der Waals surface area contributed by atoms with E-state index in [2.05, 4.69) is 11.9 Å². The van der Waals surface area contributed by atoms with Crippen molar-refractivity contribution in [2.75, 3.05) is 6.61 Å². The molecule has 1 aromatic carbocycles. The molecule has 0 aliphatic heterocycles. The van der Waals surface area contributed by atoms with Crippen molar-refractivity contribution in [3.05, 3.63) is 35.6 Å². The van der Waals surface area contributed by atoms with Crippen molar-refractivity contribution in [3.8, 4) is 5.75 Å². The van der Waals surface area contributed by atoms with Crippen molar-refractivity contribution in [2.45, 2.75) is 19.8 Å². The normalized spacial score (nSPS) is 10.6. The molecule has 0 atom stereocenters. The molecular weight excluding hydrogens is 222 g/mol. The van der Waals surface area contributed by atoms with Crippen LogP contribution < -0.4 is 4.74 Å². The molecule has 2 rings (SSSR count). The molecule has 84 valence electrons. The number of aromatic nitrogens is 1. The summed E-state index contributed by atoms with van der Waals surface area (Å²) >= 11 is 5.82. The lowest BCUT2D eigenvalue weighted by Crippen LogP contribution is -1.96. The van der Waals surface area contributed by atoms with Crippen molar-refractivity contribution >= 4 is 22.4 Å². The molecule has 1 aromatic heterocycles. The van der Waals surface area contributed by atoms with Gasteiger partial charge in [0.25, 0.3) is 0 Å². The highest BCUT2D eigenvalue weighted by Gasteiger charge is 1.99. The third-order valence-electron chi connectivity index (χ3n) is 2.43. The lowest BCUT2D eigenvalue weighted by Gasteiger charge is -2.06. The summed E-state index contributed by atoms with van der Waals surface area (Å²) in [5, 5.41) is 2.66. The molecule has 2 aromatic rings. The van der Waals surface area contributed by atoms with Gasteiger partial charge in [0.1, 0.15) is 10.9 Å². The van der Waals surface area contributed by atoms with Crippen LogP contribution in [0.2, 0.25) is 5.15 Å². The number of halogens is 1. The van der Waals surface area contributed by atoms with Gasteiger partial charge in [0.2, 0.25) is 0 Å². The average molecular weight is 236 g/mol. The van der Waals surface area contributed by atoms with Crippen LogP contribution in [0.4, 0.5) is 0 Å². The second-order valence-electron chi connectivity index (χ2n) is 3.72. The van der Waals surface area contributed by atoms with Crippen LogP contribution >= 0.6 is 11.6 Å². The molecule has 0 amide bonds.